The van der Waals surface area contributed by atoms with E-state index in [0.29, 0.717) is 35.9 Å². The zero-order chi connectivity index (χ0) is 30.4. The number of aryl methyl sites for hydroxylation is 1. The molecule has 4 aromatic rings. The van der Waals surface area contributed by atoms with E-state index in [9.17, 15) is 10.2 Å². The first-order valence-corrected chi connectivity index (χ1v) is 13.8. The number of carbonyl (C=O) groups is 1. The lowest BCUT2D eigenvalue weighted by atomic mass is 10.1. The summed E-state index contributed by atoms with van der Waals surface area (Å²) in [6.45, 7) is 8.38. The Hall–Kier alpha value is -4.22. The zero-order valence-electron chi connectivity index (χ0n) is 24.2. The first-order chi connectivity index (χ1) is 20.2. The maximum atomic E-state index is 11.0. The summed E-state index contributed by atoms with van der Waals surface area (Å²) in [5, 5.41) is 47.8. The van der Waals surface area contributed by atoms with Gasteiger partial charge >= 0.3 is 0 Å². The fourth-order valence-electron chi connectivity index (χ4n) is 4.54. The molecule has 1 aliphatic heterocycles. The van der Waals surface area contributed by atoms with Gasteiger partial charge in [-0.1, -0.05) is 13.8 Å². The van der Waals surface area contributed by atoms with Gasteiger partial charge in [-0.05, 0) is 31.9 Å². The molecule has 17 nitrogen and oxygen atoms in total. The van der Waals surface area contributed by atoms with Crippen LogP contribution in [0.5, 0.6) is 0 Å². The average Bonchev–Trinajstić information content (AvgIpc) is 3.76. The maximum absolute atomic E-state index is 11.0. The van der Waals surface area contributed by atoms with Crippen LogP contribution in [0.25, 0.3) is 11.2 Å². The van der Waals surface area contributed by atoms with Crippen molar-refractivity contribution in [3.05, 3.63) is 30.4 Å². The van der Waals surface area contributed by atoms with Crippen molar-refractivity contribution in [3.8, 4) is 0 Å². The van der Waals surface area contributed by atoms with E-state index >= 15 is 0 Å². The third-order valence-electron chi connectivity index (χ3n) is 6.84. The summed E-state index contributed by atoms with van der Waals surface area (Å²) in [6, 6.07) is 0.188. The number of ether oxygens (including phenoxy) is 1. The lowest BCUT2D eigenvalue weighted by molar-refractivity contribution is -0.122. The van der Waals surface area contributed by atoms with Gasteiger partial charge in [-0.3, -0.25) is 9.36 Å². The van der Waals surface area contributed by atoms with E-state index < -0.39 is 24.5 Å². The molecule has 0 amide bonds. The van der Waals surface area contributed by atoms with Gasteiger partial charge in [0.1, 0.15) is 12.2 Å². The third-order valence-corrected chi connectivity index (χ3v) is 6.84. The fourth-order valence-corrected chi connectivity index (χ4v) is 4.54. The van der Waals surface area contributed by atoms with Crippen LogP contribution in [0, 0.1) is 0 Å². The molecular weight excluding hydrogens is 548 g/mol. The van der Waals surface area contributed by atoms with Crippen molar-refractivity contribution < 1.29 is 24.9 Å². The van der Waals surface area contributed by atoms with Crippen molar-refractivity contribution in [2.45, 2.75) is 83.6 Å². The first-order valence-electron chi connectivity index (χ1n) is 13.8. The molecule has 0 saturated carbocycles. The first kappa shape index (κ1) is 30.7. The monoisotopic (exact) mass is 586 g/mol. The predicted octanol–water partition coefficient (Wildman–Crippen LogP) is 1.08. The number of anilines is 2. The minimum absolute atomic E-state index is 0.00982. The molecule has 17 heteroatoms. The summed E-state index contributed by atoms with van der Waals surface area (Å²) in [5.41, 5.74) is 1.95. The molecule has 4 atom stereocenters. The largest absolute Gasteiger partial charge is 0.483 e. The molecule has 4 aromatic heterocycles. The standard InChI is InChI=1S/C24H36N12O3.CH2O2/c1-6-14(7-2)28-20-16-22(30-24(29-20)25-9-8-15-10-34(5)11-26-15)35(12-27-16)23-18(38)17(37)19(39-23)21-31-33-36(32-21)13(3)4;2-1-3/h10-14,17-19,23,37-38H,6-9H2,1-5H3,(H2,25,28,29,30);1H,(H,2,3)/t17-,18+,19-,23+;/m0./s1. The Balaban J connectivity index is 0.00000129. The molecule has 42 heavy (non-hydrogen) atoms. The Morgan fingerprint density at radius 2 is 1.86 bits per heavy atom. The molecule has 5 N–H and O–H groups in total. The van der Waals surface area contributed by atoms with E-state index in [1.54, 1.807) is 10.9 Å². The number of imidazole rings is 2. The van der Waals surface area contributed by atoms with E-state index in [2.05, 4.69) is 49.9 Å². The molecule has 0 radical (unpaired) electrons. The number of nitrogens with one attached hydrogen (secondary N) is 2. The summed E-state index contributed by atoms with van der Waals surface area (Å²) >= 11 is 0. The van der Waals surface area contributed by atoms with Gasteiger partial charge in [-0.25, -0.2) is 9.97 Å². The quantitative estimate of drug-likeness (QED) is 0.155. The summed E-state index contributed by atoms with van der Waals surface area (Å²) in [7, 11) is 1.93. The van der Waals surface area contributed by atoms with Crippen LogP contribution >= 0.6 is 0 Å². The number of tetrazole rings is 1. The van der Waals surface area contributed by atoms with Crippen molar-refractivity contribution >= 4 is 29.4 Å². The molecule has 0 spiro atoms. The van der Waals surface area contributed by atoms with Crippen molar-refractivity contribution in [1.29, 1.82) is 0 Å². The molecule has 0 bridgehead atoms. The van der Waals surface area contributed by atoms with E-state index in [-0.39, 0.29) is 24.4 Å². The minimum Gasteiger partial charge on any atom is -0.483 e. The Labute approximate surface area is 242 Å². The van der Waals surface area contributed by atoms with Gasteiger partial charge in [0.05, 0.1) is 24.4 Å². The fraction of sp³-hybridized carbons (Fsp3) is 0.600. The van der Waals surface area contributed by atoms with Crippen molar-refractivity contribution in [2.24, 2.45) is 7.05 Å². The van der Waals surface area contributed by atoms with Crippen LogP contribution in [0.1, 0.15) is 70.4 Å². The summed E-state index contributed by atoms with van der Waals surface area (Å²) < 4.78 is 9.61. The summed E-state index contributed by atoms with van der Waals surface area (Å²) in [5.74, 6) is 1.18. The van der Waals surface area contributed by atoms with Gasteiger partial charge in [0, 0.05) is 32.3 Å². The third kappa shape index (κ3) is 6.63. The van der Waals surface area contributed by atoms with Crippen LogP contribution in [-0.2, 0) is 23.0 Å². The molecule has 1 saturated heterocycles. The van der Waals surface area contributed by atoms with Gasteiger partial charge in [0.25, 0.3) is 6.47 Å². The summed E-state index contributed by atoms with van der Waals surface area (Å²) in [6.07, 6.45) is 3.31. The Bertz CT molecular complexity index is 1450. The Morgan fingerprint density at radius 3 is 2.48 bits per heavy atom. The van der Waals surface area contributed by atoms with Crippen molar-refractivity contribution in [3.63, 3.8) is 0 Å². The van der Waals surface area contributed by atoms with E-state index in [4.69, 9.17) is 24.6 Å². The highest BCUT2D eigenvalue weighted by Crippen LogP contribution is 2.39. The van der Waals surface area contributed by atoms with Crippen molar-refractivity contribution in [1.82, 2.24) is 49.3 Å². The number of fused-ring (bicyclic) bond motifs is 1. The van der Waals surface area contributed by atoms with Crippen LogP contribution in [-0.4, -0.2) is 95.9 Å². The normalized spacial score (nSPS) is 20.2. The molecule has 5 rings (SSSR count). The number of carboxylic acid groups (broad SMARTS) is 1. The number of hydrogen-bond acceptors (Lipinski definition) is 13. The minimum atomic E-state index is -1.27. The highest BCUT2D eigenvalue weighted by Gasteiger charge is 2.47. The summed E-state index contributed by atoms with van der Waals surface area (Å²) in [4.78, 5) is 28.1. The van der Waals surface area contributed by atoms with Crippen LogP contribution in [0.15, 0.2) is 18.9 Å². The van der Waals surface area contributed by atoms with Crippen LogP contribution in [0.3, 0.4) is 0 Å². The van der Waals surface area contributed by atoms with E-state index in [1.807, 2.05) is 31.7 Å². The van der Waals surface area contributed by atoms with Crippen LogP contribution < -0.4 is 10.6 Å². The molecule has 1 fully saturated rings. The lowest BCUT2D eigenvalue weighted by Gasteiger charge is -2.18. The van der Waals surface area contributed by atoms with Gasteiger partial charge < -0.3 is 35.3 Å². The molecule has 1 aliphatic rings. The van der Waals surface area contributed by atoms with Crippen LogP contribution in [0.2, 0.25) is 0 Å². The second-order valence-corrected chi connectivity index (χ2v) is 10.2. The number of rotatable bonds is 11. The smallest absolute Gasteiger partial charge is 0.290 e. The second kappa shape index (κ2) is 13.6. The van der Waals surface area contributed by atoms with Crippen LogP contribution in [0.4, 0.5) is 11.8 Å². The van der Waals surface area contributed by atoms with Gasteiger partial charge in [0.15, 0.2) is 29.3 Å². The van der Waals surface area contributed by atoms with Gasteiger partial charge in [-0.2, -0.15) is 14.8 Å². The second-order valence-electron chi connectivity index (χ2n) is 10.2. The molecule has 0 unspecified atom stereocenters. The molecule has 0 aromatic carbocycles. The highest BCUT2D eigenvalue weighted by molar-refractivity contribution is 5.84. The number of aliphatic hydroxyl groups is 2. The van der Waals surface area contributed by atoms with Crippen molar-refractivity contribution in [2.75, 3.05) is 17.2 Å². The molecule has 0 aliphatic carbocycles. The zero-order valence-corrected chi connectivity index (χ0v) is 24.2. The van der Waals surface area contributed by atoms with Gasteiger partial charge in [-0.15, -0.1) is 10.2 Å². The number of nitrogens with zero attached hydrogens (tertiary/aromatic N) is 10. The van der Waals surface area contributed by atoms with E-state index in [1.165, 1.54) is 11.1 Å². The average molecular weight is 587 g/mol. The highest BCUT2D eigenvalue weighted by atomic mass is 16.6. The number of aliphatic hydroxyl groups excluding tert-OH is 2. The molecule has 5 heterocycles. The lowest BCUT2D eigenvalue weighted by Crippen LogP contribution is -2.29. The maximum Gasteiger partial charge on any atom is 0.290 e. The number of hydrogen-bond donors (Lipinski definition) is 5. The number of aromatic nitrogens is 10. The van der Waals surface area contributed by atoms with Gasteiger partial charge in [0.2, 0.25) is 11.8 Å². The predicted molar refractivity (Wildman–Crippen MR) is 150 cm³/mol. The van der Waals surface area contributed by atoms with E-state index in [0.717, 1.165) is 18.5 Å². The Morgan fingerprint density at radius 1 is 1.12 bits per heavy atom. The molecular formula is C25H38N12O5. The SMILES string of the molecule is CCC(CC)Nc1nc(NCCc2cn(C)cn2)nc2c1ncn2[C@@H]1O[C@H](c2nnn(C(C)C)n2)[C@@H](O)[C@H]1O.O=CO. The topological polar surface area (TPSA) is 216 Å². The Kier molecular flexibility index (Phi) is 9.97. The molecule has 228 valence electrons.